The van der Waals surface area contributed by atoms with Gasteiger partial charge in [0.05, 0.1) is 0 Å². The van der Waals surface area contributed by atoms with Crippen LogP contribution in [0, 0.1) is 0 Å². The molecule has 0 amide bonds. The monoisotopic (exact) mass is 943 g/mol. The van der Waals surface area contributed by atoms with Gasteiger partial charge < -0.3 is 14.2 Å². The predicted molar refractivity (Wildman–Crippen MR) is 293 cm³/mol. The molecule has 1 atom stereocenters. The van der Waals surface area contributed by atoms with E-state index in [1.165, 1.54) is 70.6 Å². The number of rotatable bonds is 49. The third kappa shape index (κ3) is 53.0. The smallest absolute Gasteiger partial charge is 0.306 e. The number of allylic oxidation sites excluding steroid dienone is 18. The highest BCUT2D eigenvalue weighted by Gasteiger charge is 2.19. The van der Waals surface area contributed by atoms with Gasteiger partial charge in [-0.25, -0.2) is 0 Å². The third-order valence-electron chi connectivity index (χ3n) is 11.5. The molecule has 0 aliphatic rings. The van der Waals surface area contributed by atoms with Crippen LogP contribution in [-0.4, -0.2) is 37.2 Å². The van der Waals surface area contributed by atoms with E-state index in [0.717, 1.165) is 135 Å². The minimum atomic E-state index is -0.789. The minimum absolute atomic E-state index is 0.0885. The van der Waals surface area contributed by atoms with Crippen LogP contribution in [0.4, 0.5) is 0 Å². The van der Waals surface area contributed by atoms with Gasteiger partial charge in [0.2, 0.25) is 0 Å². The van der Waals surface area contributed by atoms with Crippen LogP contribution in [0.3, 0.4) is 0 Å². The average molecular weight is 943 g/mol. The van der Waals surface area contributed by atoms with Crippen LogP contribution in [0.25, 0.3) is 0 Å². The lowest BCUT2D eigenvalue weighted by atomic mass is 10.1. The van der Waals surface area contributed by atoms with Crippen molar-refractivity contribution >= 4 is 17.9 Å². The highest BCUT2D eigenvalue weighted by molar-refractivity contribution is 5.71. The molecule has 0 saturated carbocycles. The Bertz CT molecular complexity index is 1410. The third-order valence-corrected chi connectivity index (χ3v) is 11.5. The van der Waals surface area contributed by atoms with Gasteiger partial charge in [0.1, 0.15) is 13.2 Å². The molecule has 0 radical (unpaired) electrons. The molecular formula is C62H102O6. The lowest BCUT2D eigenvalue weighted by molar-refractivity contribution is -0.167. The normalized spacial score (nSPS) is 12.9. The summed E-state index contributed by atoms with van der Waals surface area (Å²) in [7, 11) is 0. The Hall–Kier alpha value is -3.93. The van der Waals surface area contributed by atoms with Crippen LogP contribution in [0.15, 0.2) is 109 Å². The summed E-state index contributed by atoms with van der Waals surface area (Å²) in [5.41, 5.74) is 0. The first kappa shape index (κ1) is 64.1. The van der Waals surface area contributed by atoms with Crippen LogP contribution < -0.4 is 0 Å². The molecule has 0 bridgehead atoms. The Balaban J connectivity index is 4.22. The van der Waals surface area contributed by atoms with Crippen molar-refractivity contribution < 1.29 is 28.6 Å². The Labute approximate surface area is 419 Å². The summed E-state index contributed by atoms with van der Waals surface area (Å²) in [5, 5.41) is 0. The predicted octanol–water partition coefficient (Wildman–Crippen LogP) is 18.7. The zero-order valence-corrected chi connectivity index (χ0v) is 44.1. The fourth-order valence-electron chi connectivity index (χ4n) is 7.40. The van der Waals surface area contributed by atoms with Crippen molar-refractivity contribution in [3.05, 3.63) is 109 Å². The standard InChI is InChI=1S/C62H102O6/c1-4-7-10-13-16-18-20-22-24-26-28-30-31-33-34-36-38-40-42-44-46-49-52-55-61(64)67-58-59(57-66-60(63)54-51-48-15-12-9-6-3)68-62(65)56-53-50-47-45-43-41-39-37-35-32-29-27-25-23-21-19-17-14-11-8-5-2/h7-8,10-11,16-19,22-25,28-30,32,37,39,59H,4-6,9,12-15,20-21,26-27,31,33-36,38,40-58H2,1-3H3/b10-7-,11-8-,18-16-,19-17-,24-22-,25-23-,30-28-,32-29-,39-37-. The van der Waals surface area contributed by atoms with E-state index in [4.69, 9.17) is 14.2 Å². The van der Waals surface area contributed by atoms with E-state index in [1.54, 1.807) is 0 Å². The molecule has 0 spiro atoms. The van der Waals surface area contributed by atoms with Gasteiger partial charge in [-0.15, -0.1) is 0 Å². The Kier molecular flexibility index (Phi) is 52.4. The lowest BCUT2D eigenvalue weighted by Gasteiger charge is -2.18. The summed E-state index contributed by atoms with van der Waals surface area (Å²) in [6.45, 7) is 6.33. The molecule has 0 aromatic rings. The first-order chi connectivity index (χ1) is 33.5. The van der Waals surface area contributed by atoms with Gasteiger partial charge in [0.15, 0.2) is 6.10 Å². The largest absolute Gasteiger partial charge is 0.462 e. The first-order valence-corrected chi connectivity index (χ1v) is 27.9. The number of ether oxygens (including phenoxy) is 3. The lowest BCUT2D eigenvalue weighted by Crippen LogP contribution is -2.30. The van der Waals surface area contributed by atoms with E-state index in [2.05, 4.69) is 130 Å². The van der Waals surface area contributed by atoms with Gasteiger partial charge in [0, 0.05) is 19.3 Å². The van der Waals surface area contributed by atoms with E-state index >= 15 is 0 Å². The fraction of sp³-hybridized carbons (Fsp3) is 0.661. The second-order valence-electron chi connectivity index (χ2n) is 18.1. The molecule has 0 rings (SSSR count). The van der Waals surface area contributed by atoms with Crippen molar-refractivity contribution in [2.75, 3.05) is 13.2 Å². The second-order valence-corrected chi connectivity index (χ2v) is 18.1. The summed E-state index contributed by atoms with van der Waals surface area (Å²) in [5.74, 6) is -0.923. The van der Waals surface area contributed by atoms with Crippen molar-refractivity contribution in [1.82, 2.24) is 0 Å². The molecule has 0 heterocycles. The van der Waals surface area contributed by atoms with Gasteiger partial charge in [-0.2, -0.15) is 0 Å². The van der Waals surface area contributed by atoms with E-state index in [0.29, 0.717) is 19.3 Å². The van der Waals surface area contributed by atoms with E-state index < -0.39 is 6.10 Å². The number of unbranched alkanes of at least 4 members (excludes halogenated alkanes) is 20. The maximum Gasteiger partial charge on any atom is 0.306 e. The summed E-state index contributed by atoms with van der Waals surface area (Å²) in [4.78, 5) is 37.9. The van der Waals surface area contributed by atoms with Gasteiger partial charge in [-0.3, -0.25) is 14.4 Å². The fourth-order valence-corrected chi connectivity index (χ4v) is 7.40. The van der Waals surface area contributed by atoms with Crippen LogP contribution in [0.2, 0.25) is 0 Å². The quantitative estimate of drug-likeness (QED) is 0.0262. The topological polar surface area (TPSA) is 78.9 Å². The Morgan fingerprint density at radius 2 is 0.574 bits per heavy atom. The molecule has 6 nitrogen and oxygen atoms in total. The molecule has 386 valence electrons. The minimum Gasteiger partial charge on any atom is -0.462 e. The van der Waals surface area contributed by atoms with E-state index in [-0.39, 0.29) is 31.1 Å². The zero-order valence-electron chi connectivity index (χ0n) is 44.1. The van der Waals surface area contributed by atoms with Gasteiger partial charge in [-0.05, 0) is 103 Å². The Morgan fingerprint density at radius 3 is 0.897 bits per heavy atom. The molecule has 0 saturated heterocycles. The van der Waals surface area contributed by atoms with Crippen LogP contribution in [0.5, 0.6) is 0 Å². The SMILES string of the molecule is CC/C=C\C/C=C\C/C=C\C/C=C\C/C=C\CCCCCCCC(=O)OC(COC(=O)CCCCCCCC)COC(=O)CCCCCCCCCCCC/C=C\C/C=C\C/C=C\C/C=C\CC. The Morgan fingerprint density at radius 1 is 0.309 bits per heavy atom. The van der Waals surface area contributed by atoms with Crippen molar-refractivity contribution in [2.24, 2.45) is 0 Å². The molecule has 6 heteroatoms. The van der Waals surface area contributed by atoms with Crippen molar-refractivity contribution in [3.63, 3.8) is 0 Å². The van der Waals surface area contributed by atoms with Crippen LogP contribution >= 0.6 is 0 Å². The van der Waals surface area contributed by atoms with E-state index in [1.807, 2.05) is 0 Å². The molecule has 0 N–H and O–H groups in total. The van der Waals surface area contributed by atoms with Crippen molar-refractivity contribution in [1.29, 1.82) is 0 Å². The maximum absolute atomic E-state index is 12.8. The summed E-state index contributed by atoms with van der Waals surface area (Å²) >= 11 is 0. The number of hydrogen-bond acceptors (Lipinski definition) is 6. The molecule has 0 aliphatic carbocycles. The number of carbonyl (C=O) groups is 3. The summed E-state index contributed by atoms with van der Waals surface area (Å²) < 4.78 is 16.7. The highest BCUT2D eigenvalue weighted by atomic mass is 16.6. The zero-order chi connectivity index (χ0) is 49.3. The molecule has 1 unspecified atom stereocenters. The number of carbonyl (C=O) groups excluding carboxylic acids is 3. The summed E-state index contributed by atoms with van der Waals surface area (Å²) in [6, 6.07) is 0. The number of esters is 3. The van der Waals surface area contributed by atoms with Crippen molar-refractivity contribution in [2.45, 2.75) is 252 Å². The van der Waals surface area contributed by atoms with Gasteiger partial charge >= 0.3 is 17.9 Å². The second kappa shape index (κ2) is 55.7. The molecule has 0 aromatic heterocycles. The highest BCUT2D eigenvalue weighted by Crippen LogP contribution is 2.14. The van der Waals surface area contributed by atoms with E-state index in [9.17, 15) is 14.4 Å². The first-order valence-electron chi connectivity index (χ1n) is 27.9. The molecule has 68 heavy (non-hydrogen) atoms. The summed E-state index contributed by atoms with van der Waals surface area (Å²) in [6.07, 6.45) is 75.3. The van der Waals surface area contributed by atoms with Gasteiger partial charge in [0.25, 0.3) is 0 Å². The van der Waals surface area contributed by atoms with Crippen LogP contribution in [-0.2, 0) is 28.6 Å². The van der Waals surface area contributed by atoms with Crippen molar-refractivity contribution in [3.8, 4) is 0 Å². The maximum atomic E-state index is 12.8. The molecule has 0 aromatic carbocycles. The van der Waals surface area contributed by atoms with Crippen LogP contribution in [0.1, 0.15) is 245 Å². The average Bonchev–Trinajstić information content (AvgIpc) is 3.34. The number of hydrogen-bond donors (Lipinski definition) is 0. The molecule has 0 fully saturated rings. The molecule has 0 aliphatic heterocycles. The molecular weight excluding hydrogens is 841 g/mol. The van der Waals surface area contributed by atoms with Gasteiger partial charge in [-0.1, -0.05) is 233 Å².